The maximum absolute atomic E-state index is 12.6. The van der Waals surface area contributed by atoms with E-state index in [1.807, 2.05) is 0 Å². The normalized spacial score (nSPS) is 15.6. The summed E-state index contributed by atoms with van der Waals surface area (Å²) < 4.78 is 12.0. The summed E-state index contributed by atoms with van der Waals surface area (Å²) in [6, 6.07) is 6.57. The number of amides is 2. The molecule has 30 heavy (non-hydrogen) atoms. The van der Waals surface area contributed by atoms with Gasteiger partial charge in [-0.1, -0.05) is 0 Å². The molecule has 1 saturated heterocycles. The number of nitrogens with zero attached hydrogens (tertiary/aromatic N) is 1. The first-order chi connectivity index (χ1) is 14.4. The van der Waals surface area contributed by atoms with Crippen LogP contribution in [0.5, 0.6) is 5.75 Å². The fourth-order valence-corrected chi connectivity index (χ4v) is 3.06. The van der Waals surface area contributed by atoms with E-state index < -0.39 is 17.2 Å². The summed E-state index contributed by atoms with van der Waals surface area (Å²) in [4.78, 5) is 50.5. The van der Waals surface area contributed by atoms with Crippen LogP contribution in [0.25, 0.3) is 0 Å². The topological polar surface area (TPSA) is 132 Å². The first kappa shape index (κ1) is 21.3. The second-order valence-corrected chi connectivity index (χ2v) is 6.87. The van der Waals surface area contributed by atoms with Gasteiger partial charge in [0.05, 0.1) is 19.2 Å². The van der Waals surface area contributed by atoms with Crippen molar-refractivity contribution in [3.8, 4) is 5.75 Å². The Hall–Kier alpha value is -3.40. The van der Waals surface area contributed by atoms with Crippen LogP contribution in [0.4, 0.5) is 5.69 Å². The van der Waals surface area contributed by atoms with Crippen LogP contribution in [0.15, 0.2) is 40.1 Å². The molecule has 0 bridgehead atoms. The largest absolute Gasteiger partial charge is 0.492 e. The van der Waals surface area contributed by atoms with Crippen LogP contribution >= 0.6 is 0 Å². The molecular weight excluding hydrogens is 392 g/mol. The molecule has 0 aliphatic carbocycles. The number of carbonyl (C=O) groups is 2. The van der Waals surface area contributed by atoms with E-state index in [-0.39, 0.29) is 24.1 Å². The molecule has 0 saturated carbocycles. The average molecular weight is 416 g/mol. The van der Waals surface area contributed by atoms with Gasteiger partial charge in [0.1, 0.15) is 17.9 Å². The van der Waals surface area contributed by atoms with Gasteiger partial charge in [-0.05, 0) is 37.1 Å². The highest BCUT2D eigenvalue weighted by molar-refractivity contribution is 6.03. The number of H-pyrrole nitrogens is 1. The molecule has 1 aromatic heterocycles. The number of nitrogens with one attached hydrogen (secondary N) is 3. The quantitative estimate of drug-likeness (QED) is 0.537. The maximum atomic E-state index is 12.6. The molecule has 1 aliphatic heterocycles. The summed E-state index contributed by atoms with van der Waals surface area (Å²) in [5.41, 5.74) is -0.939. The molecule has 3 rings (SSSR count). The molecule has 2 amide bonds. The van der Waals surface area contributed by atoms with Gasteiger partial charge >= 0.3 is 5.69 Å². The zero-order chi connectivity index (χ0) is 21.5. The van der Waals surface area contributed by atoms with Gasteiger partial charge in [-0.2, -0.15) is 0 Å². The molecule has 0 radical (unpaired) electrons. The van der Waals surface area contributed by atoms with E-state index in [1.165, 1.54) is 6.92 Å². The fraction of sp³-hybridized carbons (Fsp3) is 0.400. The smallest absolute Gasteiger partial charge is 0.328 e. The van der Waals surface area contributed by atoms with Gasteiger partial charge in [0.2, 0.25) is 5.91 Å². The molecule has 1 fully saturated rings. The van der Waals surface area contributed by atoms with E-state index in [4.69, 9.17) is 9.47 Å². The number of ether oxygens (including phenoxy) is 2. The van der Waals surface area contributed by atoms with E-state index >= 15 is 0 Å². The SMILES string of the molecule is CC(=O)NCCOc1ccc(NC(=O)c2c[nH]c(=O)n(CC3CCCO3)c2=O)cc1. The van der Waals surface area contributed by atoms with Gasteiger partial charge in [0.25, 0.3) is 11.5 Å². The summed E-state index contributed by atoms with van der Waals surface area (Å²) in [5.74, 6) is -0.188. The number of aromatic amines is 1. The zero-order valence-corrected chi connectivity index (χ0v) is 16.6. The molecule has 2 heterocycles. The van der Waals surface area contributed by atoms with Crippen molar-refractivity contribution in [1.29, 1.82) is 0 Å². The van der Waals surface area contributed by atoms with Crippen LogP contribution < -0.4 is 26.6 Å². The number of benzene rings is 1. The van der Waals surface area contributed by atoms with E-state index in [0.717, 1.165) is 23.6 Å². The Morgan fingerprint density at radius 3 is 2.70 bits per heavy atom. The minimum atomic E-state index is -0.662. The molecule has 1 aromatic carbocycles. The van der Waals surface area contributed by atoms with Crippen LogP contribution in [-0.4, -0.2) is 47.2 Å². The highest BCUT2D eigenvalue weighted by atomic mass is 16.5. The summed E-state index contributed by atoms with van der Waals surface area (Å²) in [6.07, 6.45) is 2.55. The summed E-state index contributed by atoms with van der Waals surface area (Å²) >= 11 is 0. The molecule has 10 nitrogen and oxygen atoms in total. The minimum Gasteiger partial charge on any atom is -0.492 e. The Morgan fingerprint density at radius 2 is 2.03 bits per heavy atom. The predicted octanol–water partition coefficient (Wildman–Crippen LogP) is 0.483. The van der Waals surface area contributed by atoms with Crippen molar-refractivity contribution in [3.05, 3.63) is 56.9 Å². The third-order valence-corrected chi connectivity index (χ3v) is 4.57. The van der Waals surface area contributed by atoms with Gasteiger partial charge in [-0.25, -0.2) is 4.79 Å². The average Bonchev–Trinajstić information content (AvgIpc) is 3.23. The number of rotatable bonds is 8. The maximum Gasteiger partial charge on any atom is 0.328 e. The second kappa shape index (κ2) is 9.88. The van der Waals surface area contributed by atoms with Crippen LogP contribution in [-0.2, 0) is 16.1 Å². The van der Waals surface area contributed by atoms with E-state index in [1.54, 1.807) is 24.3 Å². The second-order valence-electron chi connectivity index (χ2n) is 6.87. The number of aromatic nitrogens is 2. The zero-order valence-electron chi connectivity index (χ0n) is 16.6. The molecular formula is C20H24N4O6. The van der Waals surface area contributed by atoms with Crippen molar-refractivity contribution in [2.75, 3.05) is 25.1 Å². The lowest BCUT2D eigenvalue weighted by atomic mass is 10.2. The molecule has 1 aliphatic rings. The Labute approximate surface area is 172 Å². The molecule has 1 unspecified atom stereocenters. The first-order valence-corrected chi connectivity index (χ1v) is 9.67. The van der Waals surface area contributed by atoms with Crippen molar-refractivity contribution in [1.82, 2.24) is 14.9 Å². The highest BCUT2D eigenvalue weighted by Gasteiger charge is 2.20. The van der Waals surface area contributed by atoms with Gasteiger partial charge in [0, 0.05) is 25.4 Å². The van der Waals surface area contributed by atoms with Crippen molar-refractivity contribution in [2.24, 2.45) is 0 Å². The first-order valence-electron chi connectivity index (χ1n) is 9.67. The van der Waals surface area contributed by atoms with Crippen LogP contribution in [0, 0.1) is 0 Å². The highest BCUT2D eigenvalue weighted by Crippen LogP contribution is 2.16. The minimum absolute atomic E-state index is 0.111. The Kier molecular flexibility index (Phi) is 7.02. The van der Waals surface area contributed by atoms with Crippen molar-refractivity contribution < 1.29 is 19.1 Å². The Morgan fingerprint density at radius 1 is 1.27 bits per heavy atom. The number of hydrogen-bond acceptors (Lipinski definition) is 6. The van der Waals surface area contributed by atoms with E-state index in [9.17, 15) is 19.2 Å². The van der Waals surface area contributed by atoms with E-state index in [0.29, 0.717) is 31.2 Å². The van der Waals surface area contributed by atoms with Crippen LogP contribution in [0.3, 0.4) is 0 Å². The number of carbonyl (C=O) groups excluding carboxylic acids is 2. The monoisotopic (exact) mass is 416 g/mol. The fourth-order valence-electron chi connectivity index (χ4n) is 3.06. The van der Waals surface area contributed by atoms with Crippen LogP contribution in [0.1, 0.15) is 30.1 Å². The van der Waals surface area contributed by atoms with Gasteiger partial charge in [0.15, 0.2) is 0 Å². The van der Waals surface area contributed by atoms with Gasteiger partial charge < -0.3 is 25.1 Å². The third-order valence-electron chi connectivity index (χ3n) is 4.57. The lowest BCUT2D eigenvalue weighted by Crippen LogP contribution is -2.41. The molecule has 3 N–H and O–H groups in total. The van der Waals surface area contributed by atoms with Crippen molar-refractivity contribution in [3.63, 3.8) is 0 Å². The number of anilines is 1. The van der Waals surface area contributed by atoms with E-state index in [2.05, 4.69) is 15.6 Å². The molecule has 160 valence electrons. The number of hydrogen-bond donors (Lipinski definition) is 3. The Bertz CT molecular complexity index is 1010. The molecule has 10 heteroatoms. The molecule has 2 aromatic rings. The lowest BCUT2D eigenvalue weighted by Gasteiger charge is -2.12. The van der Waals surface area contributed by atoms with Crippen molar-refractivity contribution >= 4 is 17.5 Å². The van der Waals surface area contributed by atoms with Crippen molar-refractivity contribution in [2.45, 2.75) is 32.4 Å². The lowest BCUT2D eigenvalue weighted by molar-refractivity contribution is -0.119. The Balaban J connectivity index is 1.63. The standard InChI is InChI=1S/C20H24N4O6/c1-13(25)21-8-10-30-15-6-4-14(5-7-15)23-18(26)17-11-22-20(28)24(19(17)27)12-16-3-2-9-29-16/h4-7,11,16H,2-3,8-10,12H2,1H3,(H,21,25)(H,22,28)(H,23,26). The molecule has 1 atom stereocenters. The van der Waals surface area contributed by atoms with Gasteiger partial charge in [-0.3, -0.25) is 19.0 Å². The predicted molar refractivity (Wildman–Crippen MR) is 109 cm³/mol. The summed E-state index contributed by atoms with van der Waals surface area (Å²) in [5, 5.41) is 5.25. The molecule has 0 spiro atoms. The van der Waals surface area contributed by atoms with Gasteiger partial charge in [-0.15, -0.1) is 0 Å². The summed E-state index contributed by atoms with van der Waals surface area (Å²) in [6.45, 7) is 2.84. The third kappa shape index (κ3) is 5.57. The summed E-state index contributed by atoms with van der Waals surface area (Å²) in [7, 11) is 0. The van der Waals surface area contributed by atoms with Crippen LogP contribution in [0.2, 0.25) is 0 Å².